The lowest BCUT2D eigenvalue weighted by Crippen LogP contribution is -2.07. The summed E-state index contributed by atoms with van der Waals surface area (Å²) in [6.07, 6.45) is 9.01. The lowest BCUT2D eigenvalue weighted by Gasteiger charge is -2.21. The van der Waals surface area contributed by atoms with Crippen LogP contribution in [0.2, 0.25) is 5.02 Å². The van der Waals surface area contributed by atoms with Crippen molar-refractivity contribution >= 4 is 28.1 Å². The van der Waals surface area contributed by atoms with Crippen molar-refractivity contribution in [1.82, 2.24) is 4.98 Å². The van der Waals surface area contributed by atoms with Crippen LogP contribution in [0.3, 0.4) is 0 Å². The highest BCUT2D eigenvalue weighted by Crippen LogP contribution is 2.42. The van der Waals surface area contributed by atoms with Gasteiger partial charge in [0.25, 0.3) is 0 Å². The highest BCUT2D eigenvalue weighted by molar-refractivity contribution is 7.15. The van der Waals surface area contributed by atoms with E-state index in [9.17, 15) is 0 Å². The number of halogens is 1. The van der Waals surface area contributed by atoms with Gasteiger partial charge in [0.2, 0.25) is 0 Å². The number of nitrogen functional groups attached to an aromatic ring is 1. The van der Waals surface area contributed by atoms with E-state index in [2.05, 4.69) is 4.98 Å². The Labute approximate surface area is 158 Å². The van der Waals surface area contributed by atoms with Gasteiger partial charge in [0.15, 0.2) is 5.13 Å². The number of nitrogens with two attached hydrogens (primary N) is 1. The predicted molar refractivity (Wildman–Crippen MR) is 105 cm³/mol. The van der Waals surface area contributed by atoms with Crippen molar-refractivity contribution in [3.63, 3.8) is 0 Å². The van der Waals surface area contributed by atoms with E-state index >= 15 is 0 Å². The number of aromatic nitrogens is 1. The van der Waals surface area contributed by atoms with Crippen molar-refractivity contribution in [3.8, 4) is 22.8 Å². The Morgan fingerprint density at radius 1 is 1.16 bits per heavy atom. The van der Waals surface area contributed by atoms with Gasteiger partial charge < -0.3 is 15.2 Å². The number of anilines is 1. The Kier molecular flexibility index (Phi) is 6.07. The summed E-state index contributed by atoms with van der Waals surface area (Å²) in [5, 5.41) is 1.11. The molecule has 1 aromatic carbocycles. The van der Waals surface area contributed by atoms with Crippen LogP contribution in [0.4, 0.5) is 5.13 Å². The first kappa shape index (κ1) is 18.3. The Balaban J connectivity index is 1.89. The molecule has 3 rings (SSSR count). The summed E-state index contributed by atoms with van der Waals surface area (Å²) >= 11 is 7.80. The molecule has 0 amide bonds. The fraction of sp³-hybridized carbons (Fsp3) is 0.526. The maximum Gasteiger partial charge on any atom is 0.180 e. The first-order valence-corrected chi connectivity index (χ1v) is 9.99. The van der Waals surface area contributed by atoms with Crippen LogP contribution in [0.25, 0.3) is 11.3 Å². The van der Waals surface area contributed by atoms with Crippen LogP contribution >= 0.6 is 22.9 Å². The van der Waals surface area contributed by atoms with E-state index in [0.717, 1.165) is 23.6 Å². The standard InChI is InChI=1S/C19H25ClN2O2S/c1-23-15-11-14(20)16(24-2)10-13(15)18-17(25-19(21)22-18)9-8-12-6-4-3-5-7-12/h10-12H,3-9H2,1-2H3,(H2,21,22). The highest BCUT2D eigenvalue weighted by atomic mass is 35.5. The quantitative estimate of drug-likeness (QED) is 0.711. The minimum atomic E-state index is 0.523. The molecule has 1 heterocycles. The van der Waals surface area contributed by atoms with Crippen molar-refractivity contribution in [2.45, 2.75) is 44.9 Å². The normalized spacial score (nSPS) is 15.3. The van der Waals surface area contributed by atoms with E-state index in [1.54, 1.807) is 31.6 Å². The molecule has 0 spiro atoms. The molecule has 1 fully saturated rings. The summed E-state index contributed by atoms with van der Waals surface area (Å²) in [6, 6.07) is 3.66. The van der Waals surface area contributed by atoms with Crippen molar-refractivity contribution in [2.24, 2.45) is 5.92 Å². The van der Waals surface area contributed by atoms with Crippen molar-refractivity contribution < 1.29 is 9.47 Å². The average molecular weight is 381 g/mol. The molecular weight excluding hydrogens is 356 g/mol. The Morgan fingerprint density at radius 3 is 2.56 bits per heavy atom. The third-order valence-corrected chi connectivity index (χ3v) is 6.19. The van der Waals surface area contributed by atoms with Crippen LogP contribution in [0, 0.1) is 5.92 Å². The second-order valence-electron chi connectivity index (χ2n) is 6.55. The number of hydrogen-bond donors (Lipinski definition) is 1. The van der Waals surface area contributed by atoms with Gasteiger partial charge in [-0.2, -0.15) is 0 Å². The third-order valence-electron chi connectivity index (χ3n) is 4.95. The van der Waals surface area contributed by atoms with E-state index in [4.69, 9.17) is 26.8 Å². The fourth-order valence-corrected chi connectivity index (χ4v) is 4.70. The van der Waals surface area contributed by atoms with E-state index in [1.807, 2.05) is 6.07 Å². The summed E-state index contributed by atoms with van der Waals surface area (Å²) in [4.78, 5) is 5.79. The molecule has 136 valence electrons. The molecule has 0 unspecified atom stereocenters. The molecule has 0 saturated heterocycles. The van der Waals surface area contributed by atoms with E-state index in [1.165, 1.54) is 43.4 Å². The summed E-state index contributed by atoms with van der Waals surface area (Å²) in [6.45, 7) is 0. The number of methoxy groups -OCH3 is 2. The van der Waals surface area contributed by atoms with Gasteiger partial charge >= 0.3 is 0 Å². The molecule has 2 N–H and O–H groups in total. The van der Waals surface area contributed by atoms with Crippen LogP contribution in [-0.4, -0.2) is 19.2 Å². The van der Waals surface area contributed by atoms with Crippen molar-refractivity contribution in [2.75, 3.05) is 20.0 Å². The maximum absolute atomic E-state index is 6.23. The zero-order valence-electron chi connectivity index (χ0n) is 14.8. The SMILES string of the molecule is COc1cc(-c2nc(N)sc2CCC2CCCCC2)c(OC)cc1Cl. The Bertz CT molecular complexity index is 726. The molecule has 1 aliphatic carbocycles. The number of thiazole rings is 1. The van der Waals surface area contributed by atoms with Gasteiger partial charge in [0, 0.05) is 16.5 Å². The number of rotatable bonds is 6. The minimum absolute atomic E-state index is 0.523. The summed E-state index contributed by atoms with van der Waals surface area (Å²) in [7, 11) is 3.25. The Morgan fingerprint density at radius 2 is 1.88 bits per heavy atom. The van der Waals surface area contributed by atoms with Gasteiger partial charge in [0.05, 0.1) is 24.9 Å². The predicted octanol–water partition coefficient (Wildman–Crippen LogP) is 5.58. The molecule has 25 heavy (non-hydrogen) atoms. The average Bonchev–Trinajstić information content (AvgIpc) is 3.01. The van der Waals surface area contributed by atoms with Gasteiger partial charge in [0.1, 0.15) is 11.5 Å². The number of aryl methyl sites for hydroxylation is 1. The zero-order valence-corrected chi connectivity index (χ0v) is 16.4. The van der Waals surface area contributed by atoms with Gasteiger partial charge in [-0.15, -0.1) is 11.3 Å². The highest BCUT2D eigenvalue weighted by Gasteiger charge is 2.20. The summed E-state index contributed by atoms with van der Waals surface area (Å²) in [5.41, 5.74) is 7.80. The monoisotopic (exact) mass is 380 g/mol. The molecule has 0 aliphatic heterocycles. The van der Waals surface area contributed by atoms with Crippen LogP contribution in [0.1, 0.15) is 43.4 Å². The first-order chi connectivity index (χ1) is 12.1. The zero-order chi connectivity index (χ0) is 17.8. The van der Waals surface area contributed by atoms with Gasteiger partial charge in [-0.3, -0.25) is 0 Å². The third kappa shape index (κ3) is 4.21. The molecule has 0 bridgehead atoms. The molecule has 0 radical (unpaired) electrons. The van der Waals surface area contributed by atoms with Crippen LogP contribution in [-0.2, 0) is 6.42 Å². The topological polar surface area (TPSA) is 57.4 Å². The number of benzene rings is 1. The Hall–Kier alpha value is -1.46. The van der Waals surface area contributed by atoms with E-state index < -0.39 is 0 Å². The molecular formula is C19H25ClN2O2S. The smallest absolute Gasteiger partial charge is 0.180 e. The van der Waals surface area contributed by atoms with Gasteiger partial charge in [-0.1, -0.05) is 43.7 Å². The van der Waals surface area contributed by atoms with Gasteiger partial charge in [-0.05, 0) is 24.8 Å². The first-order valence-electron chi connectivity index (χ1n) is 8.79. The number of nitrogens with zero attached hydrogens (tertiary/aromatic N) is 1. The van der Waals surface area contributed by atoms with Crippen molar-refractivity contribution in [3.05, 3.63) is 22.0 Å². The lowest BCUT2D eigenvalue weighted by atomic mass is 9.86. The fourth-order valence-electron chi connectivity index (χ4n) is 3.61. The van der Waals surface area contributed by atoms with E-state index in [0.29, 0.717) is 21.7 Å². The van der Waals surface area contributed by atoms with E-state index in [-0.39, 0.29) is 0 Å². The van der Waals surface area contributed by atoms with Crippen molar-refractivity contribution in [1.29, 1.82) is 0 Å². The minimum Gasteiger partial charge on any atom is -0.496 e. The largest absolute Gasteiger partial charge is 0.496 e. The molecule has 0 atom stereocenters. The number of hydrogen-bond acceptors (Lipinski definition) is 5. The second-order valence-corrected chi connectivity index (χ2v) is 8.08. The van der Waals surface area contributed by atoms with Crippen LogP contribution in [0.15, 0.2) is 12.1 Å². The summed E-state index contributed by atoms with van der Waals surface area (Å²) in [5.74, 6) is 2.13. The molecule has 2 aromatic rings. The molecule has 6 heteroatoms. The molecule has 1 aromatic heterocycles. The molecule has 4 nitrogen and oxygen atoms in total. The lowest BCUT2D eigenvalue weighted by molar-refractivity contribution is 0.340. The number of ether oxygens (including phenoxy) is 2. The van der Waals surface area contributed by atoms with Gasteiger partial charge in [-0.25, -0.2) is 4.98 Å². The molecule has 1 aliphatic rings. The summed E-state index contributed by atoms with van der Waals surface area (Å²) < 4.78 is 10.9. The van der Waals surface area contributed by atoms with Crippen LogP contribution < -0.4 is 15.2 Å². The second kappa shape index (κ2) is 8.28. The molecule has 1 saturated carbocycles. The van der Waals surface area contributed by atoms with Crippen LogP contribution in [0.5, 0.6) is 11.5 Å². The maximum atomic E-state index is 6.23.